The molecule has 0 spiro atoms. The van der Waals surface area contributed by atoms with Gasteiger partial charge >= 0.3 is 0 Å². The Labute approximate surface area is 166 Å². The molecule has 1 atom stereocenters. The van der Waals surface area contributed by atoms with Crippen LogP contribution in [-0.2, 0) is 16.0 Å². The maximum atomic E-state index is 12.5. The maximum absolute atomic E-state index is 12.5. The lowest BCUT2D eigenvalue weighted by molar-refractivity contribution is -0.125. The molecule has 0 saturated carbocycles. The van der Waals surface area contributed by atoms with E-state index < -0.39 is 0 Å². The van der Waals surface area contributed by atoms with Crippen molar-refractivity contribution < 1.29 is 14.4 Å². The van der Waals surface area contributed by atoms with Gasteiger partial charge in [0.05, 0.1) is 5.92 Å². The first-order chi connectivity index (χ1) is 13.6. The summed E-state index contributed by atoms with van der Waals surface area (Å²) in [6.45, 7) is 2.04. The highest BCUT2D eigenvalue weighted by atomic mass is 32.1. The van der Waals surface area contributed by atoms with Crippen molar-refractivity contribution in [2.24, 2.45) is 5.92 Å². The lowest BCUT2D eigenvalue weighted by Gasteiger charge is -2.20. The van der Waals surface area contributed by atoms with E-state index in [2.05, 4.69) is 20.9 Å². The molecule has 2 fully saturated rings. The van der Waals surface area contributed by atoms with Gasteiger partial charge in [-0.15, -0.1) is 11.3 Å². The predicted octanol–water partition coefficient (Wildman–Crippen LogP) is 2.07. The molecule has 2 aromatic rings. The molecule has 1 aromatic carbocycles. The fourth-order valence-corrected chi connectivity index (χ4v) is 4.64. The van der Waals surface area contributed by atoms with Crippen LogP contribution in [0.25, 0.3) is 0 Å². The number of nitrogens with one attached hydrogen (secondary N) is 3. The summed E-state index contributed by atoms with van der Waals surface area (Å²) in [5.41, 5.74) is 1.46. The van der Waals surface area contributed by atoms with Gasteiger partial charge in [-0.3, -0.25) is 25.0 Å². The summed E-state index contributed by atoms with van der Waals surface area (Å²) in [4.78, 5) is 41.0. The quantitative estimate of drug-likeness (QED) is 0.670. The summed E-state index contributed by atoms with van der Waals surface area (Å²) in [6, 6.07) is 7.13. The van der Waals surface area contributed by atoms with Crippen LogP contribution in [0.3, 0.4) is 0 Å². The molecule has 2 aliphatic rings. The van der Waals surface area contributed by atoms with Gasteiger partial charge in [0.15, 0.2) is 5.13 Å². The van der Waals surface area contributed by atoms with Gasteiger partial charge in [0, 0.05) is 23.1 Å². The third kappa shape index (κ3) is 4.28. The van der Waals surface area contributed by atoms with Gasteiger partial charge in [0.25, 0.3) is 5.91 Å². The highest BCUT2D eigenvalue weighted by Crippen LogP contribution is 2.31. The van der Waals surface area contributed by atoms with Crippen LogP contribution < -0.4 is 16.0 Å². The summed E-state index contributed by atoms with van der Waals surface area (Å²) >= 11 is 1.54. The summed E-state index contributed by atoms with van der Waals surface area (Å²) in [6.07, 6.45) is 4.78. The molecule has 8 heteroatoms. The van der Waals surface area contributed by atoms with Gasteiger partial charge < -0.3 is 5.32 Å². The van der Waals surface area contributed by atoms with E-state index in [4.69, 9.17) is 0 Å². The first-order valence-corrected chi connectivity index (χ1v) is 10.3. The first-order valence-electron chi connectivity index (χ1n) is 9.49. The Bertz CT molecular complexity index is 887. The van der Waals surface area contributed by atoms with Crippen LogP contribution in [0.5, 0.6) is 0 Å². The molecule has 3 N–H and O–H groups in total. The number of carbonyl (C=O) groups is 3. The molecule has 3 amide bonds. The topological polar surface area (TPSA) is 100 Å². The number of hydrogen-bond acceptors (Lipinski definition) is 6. The molecule has 1 aromatic heterocycles. The van der Waals surface area contributed by atoms with Gasteiger partial charge in [-0.25, -0.2) is 4.98 Å². The van der Waals surface area contributed by atoms with Crippen molar-refractivity contribution in [1.82, 2.24) is 15.6 Å². The average Bonchev–Trinajstić information content (AvgIpc) is 3.29. The Morgan fingerprint density at radius 1 is 1.18 bits per heavy atom. The second-order valence-electron chi connectivity index (χ2n) is 7.26. The number of aromatic nitrogens is 1. The Balaban J connectivity index is 1.35. The number of benzene rings is 1. The number of piperidine rings is 1. The highest BCUT2D eigenvalue weighted by Gasteiger charge is 2.30. The van der Waals surface area contributed by atoms with E-state index in [0.717, 1.165) is 31.5 Å². The summed E-state index contributed by atoms with van der Waals surface area (Å²) in [5.74, 6) is -0.454. The Morgan fingerprint density at radius 3 is 2.61 bits per heavy atom. The van der Waals surface area contributed by atoms with Gasteiger partial charge in [-0.2, -0.15) is 0 Å². The lowest BCUT2D eigenvalue weighted by atomic mass is 9.97. The first kappa shape index (κ1) is 18.8. The SMILES string of the molecule is O=C1CC(Cc2ccc(C(=O)Nc3ncc(C4CCNCC4)s3)cc2)C(=O)N1. The van der Waals surface area contributed by atoms with E-state index in [1.54, 1.807) is 23.5 Å². The van der Waals surface area contributed by atoms with Crippen molar-refractivity contribution >= 4 is 34.2 Å². The fourth-order valence-electron chi connectivity index (χ4n) is 3.66. The Kier molecular flexibility index (Phi) is 5.50. The lowest BCUT2D eigenvalue weighted by Crippen LogP contribution is -2.26. The largest absolute Gasteiger partial charge is 0.317 e. The number of amides is 3. The minimum absolute atomic E-state index is 0.202. The summed E-state index contributed by atoms with van der Waals surface area (Å²) < 4.78 is 0. The van der Waals surface area contributed by atoms with Crippen LogP contribution in [0.4, 0.5) is 5.13 Å². The highest BCUT2D eigenvalue weighted by molar-refractivity contribution is 7.15. The minimum Gasteiger partial charge on any atom is -0.317 e. The number of hydrogen-bond donors (Lipinski definition) is 3. The Hall–Kier alpha value is -2.58. The van der Waals surface area contributed by atoms with Crippen LogP contribution in [0.15, 0.2) is 30.5 Å². The molecule has 0 bridgehead atoms. The van der Waals surface area contributed by atoms with Crippen LogP contribution in [-0.4, -0.2) is 35.8 Å². The smallest absolute Gasteiger partial charge is 0.257 e. The molecule has 28 heavy (non-hydrogen) atoms. The molecule has 0 radical (unpaired) electrons. The minimum atomic E-state index is -0.323. The predicted molar refractivity (Wildman–Crippen MR) is 106 cm³/mol. The molecular weight excluding hydrogens is 376 g/mol. The van der Waals surface area contributed by atoms with Crippen LogP contribution in [0, 0.1) is 5.92 Å². The van der Waals surface area contributed by atoms with Crippen molar-refractivity contribution in [3.63, 3.8) is 0 Å². The van der Waals surface area contributed by atoms with Crippen molar-refractivity contribution in [1.29, 1.82) is 0 Å². The normalized spacial score (nSPS) is 20.2. The van der Waals surface area contributed by atoms with Crippen LogP contribution >= 0.6 is 11.3 Å². The molecule has 0 aliphatic carbocycles. The van der Waals surface area contributed by atoms with E-state index in [0.29, 0.717) is 23.0 Å². The maximum Gasteiger partial charge on any atom is 0.257 e. The standard InChI is InChI=1S/C20H22N4O3S/c25-17-10-15(19(27)23-17)9-12-1-3-14(4-2-12)18(26)24-20-22-11-16(28-20)13-5-7-21-8-6-13/h1-4,11,13,15,21H,5-10H2,(H,22,24,26)(H,23,25,27). The second-order valence-corrected chi connectivity index (χ2v) is 8.32. The molecular formula is C20H22N4O3S. The van der Waals surface area contributed by atoms with E-state index in [1.807, 2.05) is 18.3 Å². The number of carbonyl (C=O) groups excluding carboxylic acids is 3. The van der Waals surface area contributed by atoms with Crippen molar-refractivity contribution in [3.05, 3.63) is 46.5 Å². The number of anilines is 1. The average molecular weight is 398 g/mol. The van der Waals surface area contributed by atoms with Crippen LogP contribution in [0.1, 0.15) is 46.0 Å². The molecule has 7 nitrogen and oxygen atoms in total. The fraction of sp³-hybridized carbons (Fsp3) is 0.400. The zero-order valence-corrected chi connectivity index (χ0v) is 16.2. The van der Waals surface area contributed by atoms with E-state index in [9.17, 15) is 14.4 Å². The Morgan fingerprint density at radius 2 is 1.93 bits per heavy atom. The molecule has 146 valence electrons. The van der Waals surface area contributed by atoms with Crippen LogP contribution in [0.2, 0.25) is 0 Å². The second kappa shape index (κ2) is 8.20. The number of rotatable bonds is 5. The van der Waals surface area contributed by atoms with Crippen molar-refractivity contribution in [2.45, 2.75) is 31.6 Å². The third-order valence-corrected chi connectivity index (χ3v) is 6.32. The molecule has 2 saturated heterocycles. The van der Waals surface area contributed by atoms with Gasteiger partial charge in [-0.1, -0.05) is 12.1 Å². The number of nitrogens with zero attached hydrogens (tertiary/aromatic N) is 1. The van der Waals surface area contributed by atoms with E-state index >= 15 is 0 Å². The third-order valence-electron chi connectivity index (χ3n) is 5.25. The van der Waals surface area contributed by atoms with Gasteiger partial charge in [0.2, 0.25) is 11.8 Å². The molecule has 1 unspecified atom stereocenters. The summed E-state index contributed by atoms with van der Waals surface area (Å²) in [5, 5.41) is 9.15. The zero-order valence-electron chi connectivity index (χ0n) is 15.4. The van der Waals surface area contributed by atoms with Crippen molar-refractivity contribution in [2.75, 3.05) is 18.4 Å². The number of thiazole rings is 1. The summed E-state index contributed by atoms with van der Waals surface area (Å²) in [7, 11) is 0. The van der Waals surface area contributed by atoms with Gasteiger partial charge in [-0.05, 0) is 56.0 Å². The molecule has 2 aliphatic heterocycles. The van der Waals surface area contributed by atoms with E-state index in [1.165, 1.54) is 4.88 Å². The monoisotopic (exact) mass is 398 g/mol. The molecule has 3 heterocycles. The molecule has 4 rings (SSSR count). The van der Waals surface area contributed by atoms with Gasteiger partial charge in [0.1, 0.15) is 0 Å². The van der Waals surface area contributed by atoms with Crippen molar-refractivity contribution in [3.8, 4) is 0 Å². The number of imide groups is 1. The van der Waals surface area contributed by atoms with E-state index in [-0.39, 0.29) is 30.1 Å². The zero-order chi connectivity index (χ0) is 19.5.